The van der Waals surface area contributed by atoms with Crippen LogP contribution in [0.15, 0.2) is 54.6 Å². The maximum Gasteiger partial charge on any atom is 0.258 e. The molecule has 3 aromatic carbocycles. The van der Waals surface area contributed by atoms with Crippen molar-refractivity contribution in [2.75, 3.05) is 16.8 Å². The number of nitrogens with zero attached hydrogens (tertiary/aromatic N) is 1. The molecule has 1 N–H and O–H groups in total. The van der Waals surface area contributed by atoms with Gasteiger partial charge in [-0.25, -0.2) is 0 Å². The molecule has 0 spiro atoms. The first-order chi connectivity index (χ1) is 13.1. The van der Waals surface area contributed by atoms with Crippen LogP contribution >= 0.6 is 0 Å². The Morgan fingerprint density at radius 2 is 1.89 bits per heavy atom. The minimum Gasteiger partial charge on any atom is -0.321 e. The molecule has 4 heteroatoms. The number of nitrogens with one attached hydrogen (secondary N) is 1. The van der Waals surface area contributed by atoms with E-state index in [1.807, 2.05) is 60.4 Å². The summed E-state index contributed by atoms with van der Waals surface area (Å²) >= 11 is 0. The van der Waals surface area contributed by atoms with Crippen molar-refractivity contribution in [2.24, 2.45) is 0 Å². The van der Waals surface area contributed by atoms with E-state index < -0.39 is 0 Å². The minimum absolute atomic E-state index is 0.0474. The highest BCUT2D eigenvalue weighted by atomic mass is 16.2. The summed E-state index contributed by atoms with van der Waals surface area (Å²) in [6.45, 7) is 4.80. The van der Waals surface area contributed by atoms with E-state index in [0.29, 0.717) is 17.7 Å². The van der Waals surface area contributed by atoms with Crippen molar-refractivity contribution < 1.29 is 9.59 Å². The maximum atomic E-state index is 12.8. The number of carbonyl (C=O) groups is 2. The second kappa shape index (κ2) is 6.88. The Bertz CT molecular complexity index is 1060. The Kier molecular flexibility index (Phi) is 4.40. The van der Waals surface area contributed by atoms with Crippen LogP contribution in [0.25, 0.3) is 10.8 Å². The first-order valence-electron chi connectivity index (χ1n) is 9.35. The normalized spacial score (nSPS) is 12.7. The van der Waals surface area contributed by atoms with Gasteiger partial charge in [-0.1, -0.05) is 43.2 Å². The highest BCUT2D eigenvalue weighted by Crippen LogP contribution is 2.40. The largest absolute Gasteiger partial charge is 0.321 e. The van der Waals surface area contributed by atoms with Crippen LogP contribution in [0.4, 0.5) is 11.4 Å². The summed E-state index contributed by atoms with van der Waals surface area (Å²) in [6.07, 6.45) is 2.00. The zero-order valence-corrected chi connectivity index (χ0v) is 15.6. The third-order valence-corrected chi connectivity index (χ3v) is 5.05. The standard InChI is InChI=1S/C23H22N2O2/c1-3-4-13-25-20-12-11-19(17-9-6-10-18(21(17)20)23(25)27)24-22(26)16-8-5-7-15(2)14-16/h5-12,14H,3-4,13H2,1-2H3,(H,24,26). The predicted molar refractivity (Wildman–Crippen MR) is 110 cm³/mol. The molecule has 0 saturated carbocycles. The lowest BCUT2D eigenvalue weighted by Gasteiger charge is -2.17. The molecule has 4 nitrogen and oxygen atoms in total. The second-order valence-electron chi connectivity index (χ2n) is 6.99. The molecule has 0 bridgehead atoms. The molecule has 1 heterocycles. The zero-order chi connectivity index (χ0) is 19.0. The topological polar surface area (TPSA) is 49.4 Å². The SMILES string of the molecule is CCCCN1C(=O)c2cccc3c(NC(=O)c4cccc(C)c4)ccc1c23. The van der Waals surface area contributed by atoms with E-state index in [0.717, 1.165) is 40.6 Å². The van der Waals surface area contributed by atoms with Gasteiger partial charge in [-0.15, -0.1) is 0 Å². The lowest BCUT2D eigenvalue weighted by atomic mass is 10.0. The number of hydrogen-bond acceptors (Lipinski definition) is 2. The highest BCUT2D eigenvalue weighted by molar-refractivity contribution is 6.27. The van der Waals surface area contributed by atoms with Crippen LogP contribution in [0.5, 0.6) is 0 Å². The van der Waals surface area contributed by atoms with Crippen molar-refractivity contribution in [1.29, 1.82) is 0 Å². The smallest absolute Gasteiger partial charge is 0.258 e. The van der Waals surface area contributed by atoms with Gasteiger partial charge in [0, 0.05) is 34.1 Å². The molecule has 0 fully saturated rings. The van der Waals surface area contributed by atoms with Gasteiger partial charge in [-0.3, -0.25) is 9.59 Å². The Morgan fingerprint density at radius 1 is 1.07 bits per heavy atom. The lowest BCUT2D eigenvalue weighted by molar-refractivity contribution is 0.0991. The molecule has 136 valence electrons. The number of benzene rings is 3. The Morgan fingerprint density at radius 3 is 2.67 bits per heavy atom. The minimum atomic E-state index is -0.147. The van der Waals surface area contributed by atoms with Gasteiger partial charge in [0.2, 0.25) is 0 Å². The number of hydrogen-bond donors (Lipinski definition) is 1. The summed E-state index contributed by atoms with van der Waals surface area (Å²) in [5.41, 5.74) is 4.05. The van der Waals surface area contributed by atoms with Crippen LogP contribution in [-0.2, 0) is 0 Å². The van der Waals surface area contributed by atoms with Crippen LogP contribution in [0.1, 0.15) is 46.0 Å². The first-order valence-corrected chi connectivity index (χ1v) is 9.35. The molecule has 0 radical (unpaired) electrons. The molecular formula is C23H22N2O2. The second-order valence-corrected chi connectivity index (χ2v) is 6.99. The molecular weight excluding hydrogens is 336 g/mol. The molecule has 0 unspecified atom stereocenters. The van der Waals surface area contributed by atoms with E-state index in [2.05, 4.69) is 12.2 Å². The molecule has 0 aliphatic carbocycles. The lowest BCUT2D eigenvalue weighted by Crippen LogP contribution is -2.27. The van der Waals surface area contributed by atoms with Crippen molar-refractivity contribution in [3.05, 3.63) is 71.3 Å². The van der Waals surface area contributed by atoms with Crippen molar-refractivity contribution in [2.45, 2.75) is 26.7 Å². The quantitative estimate of drug-likeness (QED) is 0.685. The summed E-state index contributed by atoms with van der Waals surface area (Å²) in [7, 11) is 0. The fourth-order valence-corrected chi connectivity index (χ4v) is 3.67. The zero-order valence-electron chi connectivity index (χ0n) is 15.6. The Labute approximate surface area is 158 Å². The van der Waals surface area contributed by atoms with Gasteiger partial charge in [-0.2, -0.15) is 0 Å². The van der Waals surface area contributed by atoms with E-state index in [1.54, 1.807) is 6.07 Å². The molecule has 3 aromatic rings. The average Bonchev–Trinajstić information content (AvgIpc) is 2.95. The molecule has 0 saturated heterocycles. The molecule has 0 atom stereocenters. The fraction of sp³-hybridized carbons (Fsp3) is 0.217. The van der Waals surface area contributed by atoms with Crippen LogP contribution in [0, 0.1) is 6.92 Å². The number of carbonyl (C=O) groups excluding carboxylic acids is 2. The maximum absolute atomic E-state index is 12.8. The van der Waals surface area contributed by atoms with Crippen molar-refractivity contribution in [3.63, 3.8) is 0 Å². The number of rotatable bonds is 5. The Balaban J connectivity index is 1.74. The number of amides is 2. The van der Waals surface area contributed by atoms with E-state index in [-0.39, 0.29) is 11.8 Å². The third kappa shape index (κ3) is 2.97. The molecule has 4 rings (SSSR count). The molecule has 0 aromatic heterocycles. The van der Waals surface area contributed by atoms with Crippen molar-refractivity contribution in [1.82, 2.24) is 0 Å². The summed E-state index contributed by atoms with van der Waals surface area (Å²) in [6, 6.07) is 17.1. The number of anilines is 2. The van der Waals surface area contributed by atoms with Crippen molar-refractivity contribution in [3.8, 4) is 0 Å². The summed E-state index contributed by atoms with van der Waals surface area (Å²) in [5, 5.41) is 4.85. The third-order valence-electron chi connectivity index (χ3n) is 5.05. The van der Waals surface area contributed by atoms with Gasteiger partial charge in [0.15, 0.2) is 0 Å². The van der Waals surface area contributed by atoms with Gasteiger partial charge in [0.05, 0.1) is 5.69 Å². The fourth-order valence-electron chi connectivity index (χ4n) is 3.67. The van der Waals surface area contributed by atoms with E-state index in [9.17, 15) is 9.59 Å². The molecule has 1 aliphatic heterocycles. The molecule has 1 aliphatic rings. The average molecular weight is 358 g/mol. The van der Waals surface area contributed by atoms with Gasteiger partial charge in [-0.05, 0) is 43.7 Å². The number of aryl methyl sites for hydroxylation is 1. The highest BCUT2D eigenvalue weighted by Gasteiger charge is 2.30. The molecule has 27 heavy (non-hydrogen) atoms. The summed E-state index contributed by atoms with van der Waals surface area (Å²) in [4.78, 5) is 27.3. The number of unbranched alkanes of at least 4 members (excludes halogenated alkanes) is 1. The monoisotopic (exact) mass is 358 g/mol. The Hall–Kier alpha value is -3.14. The van der Waals surface area contributed by atoms with E-state index in [1.165, 1.54) is 0 Å². The van der Waals surface area contributed by atoms with Gasteiger partial charge in [0.1, 0.15) is 0 Å². The van der Waals surface area contributed by atoms with Crippen molar-refractivity contribution >= 4 is 34.0 Å². The predicted octanol–water partition coefficient (Wildman–Crippen LogP) is 5.16. The van der Waals surface area contributed by atoms with Gasteiger partial charge in [0.25, 0.3) is 11.8 Å². The van der Waals surface area contributed by atoms with Crippen LogP contribution in [0.2, 0.25) is 0 Å². The van der Waals surface area contributed by atoms with Gasteiger partial charge < -0.3 is 10.2 Å². The van der Waals surface area contributed by atoms with Crippen LogP contribution < -0.4 is 10.2 Å². The summed E-state index contributed by atoms with van der Waals surface area (Å²) in [5.74, 6) is -0.0993. The van der Waals surface area contributed by atoms with Crippen LogP contribution in [-0.4, -0.2) is 18.4 Å². The van der Waals surface area contributed by atoms with Gasteiger partial charge >= 0.3 is 0 Å². The van der Waals surface area contributed by atoms with Crippen LogP contribution in [0.3, 0.4) is 0 Å². The first kappa shape index (κ1) is 17.3. The van der Waals surface area contributed by atoms with E-state index >= 15 is 0 Å². The van der Waals surface area contributed by atoms with E-state index in [4.69, 9.17) is 0 Å². The summed E-state index contributed by atoms with van der Waals surface area (Å²) < 4.78 is 0. The molecule has 2 amide bonds.